The summed E-state index contributed by atoms with van der Waals surface area (Å²) in [5, 5.41) is 21.3. The van der Waals surface area contributed by atoms with Gasteiger partial charge in [0.2, 0.25) is 0 Å². The largest absolute Gasteiger partial charge is 0.366 e. The topological polar surface area (TPSA) is 89.2 Å². The van der Waals surface area contributed by atoms with Crippen LogP contribution in [0.1, 0.15) is 24.5 Å². The van der Waals surface area contributed by atoms with Crippen LogP contribution in [0.15, 0.2) is 48.5 Å². The number of ether oxygens (including phenoxy) is 1. The fraction of sp³-hybridized carbons (Fsp3) is 0.375. The van der Waals surface area contributed by atoms with E-state index < -0.39 is 11.6 Å². The van der Waals surface area contributed by atoms with Crippen molar-refractivity contribution in [3.63, 3.8) is 0 Å². The van der Waals surface area contributed by atoms with Gasteiger partial charge in [0.1, 0.15) is 6.04 Å². The van der Waals surface area contributed by atoms with E-state index in [1.807, 2.05) is 36.4 Å². The molecule has 1 heterocycles. The van der Waals surface area contributed by atoms with Gasteiger partial charge in [0.15, 0.2) is 5.60 Å². The van der Waals surface area contributed by atoms with Gasteiger partial charge in [-0.1, -0.05) is 43.3 Å². The molecule has 3 rings (SSSR count). The summed E-state index contributed by atoms with van der Waals surface area (Å²) < 4.78 is 5.51. The van der Waals surface area contributed by atoms with E-state index in [1.54, 1.807) is 19.2 Å². The summed E-state index contributed by atoms with van der Waals surface area (Å²) in [7, 11) is 1.55. The van der Waals surface area contributed by atoms with Crippen LogP contribution < -0.4 is 5.32 Å². The first kappa shape index (κ1) is 21.5. The SMILES string of the molecule is CCCN1CC(OC)(C(=O)N[C@H](C#N)Cc2ccc(-c3ccc(C#N)cc3)cc2)C1. The highest BCUT2D eigenvalue weighted by molar-refractivity contribution is 5.87. The monoisotopic (exact) mass is 402 g/mol. The second-order valence-electron chi connectivity index (χ2n) is 7.65. The molecule has 1 aliphatic heterocycles. The van der Waals surface area contributed by atoms with Crippen LogP contribution in [-0.2, 0) is 16.0 Å². The van der Waals surface area contributed by atoms with E-state index >= 15 is 0 Å². The summed E-state index contributed by atoms with van der Waals surface area (Å²) in [5.74, 6) is -0.224. The minimum Gasteiger partial charge on any atom is -0.366 e. The molecule has 0 aromatic heterocycles. The van der Waals surface area contributed by atoms with Crippen molar-refractivity contribution in [1.29, 1.82) is 10.5 Å². The molecule has 0 spiro atoms. The molecule has 0 unspecified atom stereocenters. The minimum atomic E-state index is -0.857. The molecule has 2 aromatic rings. The van der Waals surface area contributed by atoms with Gasteiger partial charge in [-0.15, -0.1) is 0 Å². The third kappa shape index (κ3) is 4.68. The molecule has 0 aliphatic carbocycles. The lowest BCUT2D eigenvalue weighted by atomic mass is 9.91. The van der Waals surface area contributed by atoms with Crippen molar-refractivity contribution in [3.8, 4) is 23.3 Å². The zero-order valence-corrected chi connectivity index (χ0v) is 17.4. The molecule has 6 heteroatoms. The van der Waals surface area contributed by atoms with Gasteiger partial charge in [-0.25, -0.2) is 0 Å². The Hall–Kier alpha value is -3.19. The number of likely N-dealkylation sites (tertiary alicyclic amines) is 1. The molecule has 30 heavy (non-hydrogen) atoms. The summed E-state index contributed by atoms with van der Waals surface area (Å²) in [6.45, 7) is 4.15. The Morgan fingerprint density at radius 3 is 2.23 bits per heavy atom. The van der Waals surface area contributed by atoms with Crippen LogP contribution in [0.5, 0.6) is 0 Å². The molecule has 1 fully saturated rings. The van der Waals surface area contributed by atoms with Crippen LogP contribution in [0.2, 0.25) is 0 Å². The van der Waals surface area contributed by atoms with Crippen molar-refractivity contribution in [2.24, 2.45) is 0 Å². The van der Waals surface area contributed by atoms with E-state index in [0.717, 1.165) is 29.7 Å². The molecule has 1 atom stereocenters. The number of amides is 1. The number of benzene rings is 2. The predicted octanol–water partition coefficient (Wildman–Crippen LogP) is 2.89. The van der Waals surface area contributed by atoms with Crippen molar-refractivity contribution in [2.45, 2.75) is 31.4 Å². The first-order valence-electron chi connectivity index (χ1n) is 10.1. The van der Waals surface area contributed by atoms with Crippen LogP contribution in [0, 0.1) is 22.7 Å². The van der Waals surface area contributed by atoms with Gasteiger partial charge in [-0.05, 0) is 41.8 Å². The summed E-state index contributed by atoms with van der Waals surface area (Å²) in [4.78, 5) is 14.9. The second-order valence-corrected chi connectivity index (χ2v) is 7.65. The van der Waals surface area contributed by atoms with Crippen LogP contribution in [0.4, 0.5) is 0 Å². The van der Waals surface area contributed by atoms with Crippen molar-refractivity contribution in [2.75, 3.05) is 26.7 Å². The average Bonchev–Trinajstić information content (AvgIpc) is 2.76. The van der Waals surface area contributed by atoms with Gasteiger partial charge >= 0.3 is 0 Å². The molecule has 1 aliphatic rings. The summed E-state index contributed by atoms with van der Waals surface area (Å²) >= 11 is 0. The first-order valence-corrected chi connectivity index (χ1v) is 10.1. The lowest BCUT2D eigenvalue weighted by Crippen LogP contribution is -2.70. The molecular weight excluding hydrogens is 376 g/mol. The van der Waals surface area contributed by atoms with E-state index in [0.29, 0.717) is 25.1 Å². The van der Waals surface area contributed by atoms with Crippen LogP contribution >= 0.6 is 0 Å². The van der Waals surface area contributed by atoms with Gasteiger partial charge in [0.25, 0.3) is 5.91 Å². The maximum Gasteiger partial charge on any atom is 0.255 e. The number of hydrogen-bond donors (Lipinski definition) is 1. The minimum absolute atomic E-state index is 0.224. The summed E-state index contributed by atoms with van der Waals surface area (Å²) in [6, 6.07) is 19.0. The van der Waals surface area contributed by atoms with Gasteiger partial charge < -0.3 is 10.1 Å². The first-order chi connectivity index (χ1) is 14.5. The molecule has 6 nitrogen and oxygen atoms in total. The number of carbonyl (C=O) groups excluding carboxylic acids is 1. The quantitative estimate of drug-likeness (QED) is 0.733. The lowest BCUT2D eigenvalue weighted by Gasteiger charge is -2.47. The third-order valence-electron chi connectivity index (χ3n) is 5.50. The molecule has 0 saturated carbocycles. The smallest absolute Gasteiger partial charge is 0.255 e. The Bertz CT molecular complexity index is 949. The van der Waals surface area contributed by atoms with Gasteiger partial charge in [-0.3, -0.25) is 9.69 Å². The van der Waals surface area contributed by atoms with E-state index in [-0.39, 0.29) is 5.91 Å². The molecule has 2 aromatic carbocycles. The molecular formula is C24H26N4O2. The summed E-state index contributed by atoms with van der Waals surface area (Å²) in [5.41, 5.74) is 2.79. The zero-order chi connectivity index (χ0) is 21.6. The van der Waals surface area contributed by atoms with Gasteiger partial charge in [-0.2, -0.15) is 10.5 Å². The van der Waals surface area contributed by atoms with Crippen molar-refractivity contribution in [3.05, 3.63) is 59.7 Å². The molecule has 0 radical (unpaired) electrons. The van der Waals surface area contributed by atoms with Gasteiger partial charge in [0.05, 0.1) is 17.7 Å². The highest BCUT2D eigenvalue weighted by Gasteiger charge is 2.49. The van der Waals surface area contributed by atoms with E-state index in [1.165, 1.54) is 0 Å². The van der Waals surface area contributed by atoms with Crippen molar-refractivity contribution in [1.82, 2.24) is 10.2 Å². The number of methoxy groups -OCH3 is 1. The number of nitriles is 2. The zero-order valence-electron chi connectivity index (χ0n) is 17.4. The Kier molecular flexibility index (Phi) is 6.84. The molecule has 0 bridgehead atoms. The lowest BCUT2D eigenvalue weighted by molar-refractivity contribution is -0.167. The maximum atomic E-state index is 12.7. The van der Waals surface area contributed by atoms with E-state index in [2.05, 4.69) is 29.3 Å². The number of nitrogens with zero attached hydrogens (tertiary/aromatic N) is 3. The fourth-order valence-electron chi connectivity index (χ4n) is 3.74. The van der Waals surface area contributed by atoms with E-state index in [9.17, 15) is 10.1 Å². The van der Waals surface area contributed by atoms with Crippen LogP contribution in [-0.4, -0.2) is 49.2 Å². The van der Waals surface area contributed by atoms with Gasteiger partial charge in [0, 0.05) is 26.6 Å². The molecule has 1 saturated heterocycles. The Labute approximate surface area is 177 Å². The van der Waals surface area contributed by atoms with Crippen LogP contribution in [0.25, 0.3) is 11.1 Å². The number of hydrogen-bond acceptors (Lipinski definition) is 5. The van der Waals surface area contributed by atoms with Crippen molar-refractivity contribution >= 4 is 5.91 Å². The fourth-order valence-corrected chi connectivity index (χ4v) is 3.74. The maximum absolute atomic E-state index is 12.7. The second kappa shape index (κ2) is 9.54. The predicted molar refractivity (Wildman–Crippen MR) is 114 cm³/mol. The highest BCUT2D eigenvalue weighted by Crippen LogP contribution is 2.25. The third-order valence-corrected chi connectivity index (χ3v) is 5.50. The Balaban J connectivity index is 1.61. The molecule has 1 amide bonds. The number of carbonyl (C=O) groups is 1. The van der Waals surface area contributed by atoms with Crippen LogP contribution in [0.3, 0.4) is 0 Å². The standard InChI is InChI=1S/C24H26N4O2/c1-3-12-28-16-24(17-28,30-2)23(29)27-22(15-26)13-18-4-8-20(9-5-18)21-10-6-19(14-25)7-11-21/h4-11,22H,3,12-13,16-17H2,1-2H3,(H,27,29)/t22-/m0/s1. The van der Waals surface area contributed by atoms with E-state index in [4.69, 9.17) is 10.00 Å². The summed E-state index contributed by atoms with van der Waals surface area (Å²) in [6.07, 6.45) is 1.45. The number of nitrogens with one attached hydrogen (secondary N) is 1. The van der Waals surface area contributed by atoms with Crippen molar-refractivity contribution < 1.29 is 9.53 Å². The molecule has 154 valence electrons. The normalized spacial score (nSPS) is 16.0. The highest BCUT2D eigenvalue weighted by atomic mass is 16.5. The molecule has 1 N–H and O–H groups in total. The number of rotatable bonds is 8. The Morgan fingerprint density at radius 1 is 1.13 bits per heavy atom. The Morgan fingerprint density at radius 2 is 1.73 bits per heavy atom. The average molecular weight is 402 g/mol.